The second kappa shape index (κ2) is 4.96. The van der Waals surface area contributed by atoms with Gasteiger partial charge in [-0.25, -0.2) is 9.67 Å². The van der Waals surface area contributed by atoms with E-state index in [9.17, 15) is 0 Å². The number of nitrogens with zero attached hydrogens (tertiary/aromatic N) is 4. The number of aromatic nitrogens is 4. The first-order valence-electron chi connectivity index (χ1n) is 6.51. The summed E-state index contributed by atoms with van der Waals surface area (Å²) in [6.07, 6.45) is 1.96. The van der Waals surface area contributed by atoms with Crippen LogP contribution in [0.1, 0.15) is 26.5 Å². The fourth-order valence-corrected chi connectivity index (χ4v) is 2.56. The van der Waals surface area contributed by atoms with Crippen LogP contribution in [0, 0.1) is 0 Å². The van der Waals surface area contributed by atoms with Crippen molar-refractivity contribution in [3.63, 3.8) is 0 Å². The molecule has 0 aliphatic rings. The predicted octanol–water partition coefficient (Wildman–Crippen LogP) is 2.77. The molecule has 104 valence electrons. The summed E-state index contributed by atoms with van der Waals surface area (Å²) in [4.78, 5) is 4.28. The van der Waals surface area contributed by atoms with Crippen molar-refractivity contribution in [1.29, 1.82) is 0 Å². The van der Waals surface area contributed by atoms with Gasteiger partial charge >= 0.3 is 0 Å². The molecular weight excluding hydrogens is 270 g/mol. The minimum Gasteiger partial charge on any atom is -0.306 e. The van der Waals surface area contributed by atoms with Gasteiger partial charge in [-0.05, 0) is 39.0 Å². The van der Waals surface area contributed by atoms with Gasteiger partial charge in [0.1, 0.15) is 0 Å². The Kier molecular flexibility index (Phi) is 3.27. The van der Waals surface area contributed by atoms with Gasteiger partial charge in [-0.3, -0.25) is 0 Å². The average molecular weight is 287 g/mol. The minimum atomic E-state index is 0.0747. The Balaban J connectivity index is 1.82. The SMILES string of the molecule is CC(C)(C)NCc1cn(-c2ccc3ncsc3c2)nn1. The summed E-state index contributed by atoms with van der Waals surface area (Å²) in [6, 6.07) is 6.11. The number of fused-ring (bicyclic) bond motifs is 1. The molecule has 0 unspecified atom stereocenters. The molecule has 3 aromatic rings. The highest BCUT2D eigenvalue weighted by Gasteiger charge is 2.10. The van der Waals surface area contributed by atoms with Crippen molar-refractivity contribution < 1.29 is 0 Å². The highest BCUT2D eigenvalue weighted by Crippen LogP contribution is 2.20. The number of thiazole rings is 1. The molecule has 1 N–H and O–H groups in total. The lowest BCUT2D eigenvalue weighted by Gasteiger charge is -2.19. The summed E-state index contributed by atoms with van der Waals surface area (Å²) in [5.41, 5.74) is 4.90. The molecule has 0 aliphatic carbocycles. The van der Waals surface area contributed by atoms with E-state index in [-0.39, 0.29) is 5.54 Å². The van der Waals surface area contributed by atoms with Gasteiger partial charge in [0, 0.05) is 12.1 Å². The van der Waals surface area contributed by atoms with E-state index in [0.29, 0.717) is 6.54 Å². The van der Waals surface area contributed by atoms with Gasteiger partial charge in [0.2, 0.25) is 0 Å². The van der Waals surface area contributed by atoms with E-state index >= 15 is 0 Å². The van der Waals surface area contributed by atoms with E-state index in [1.54, 1.807) is 16.0 Å². The fourth-order valence-electron chi connectivity index (χ4n) is 1.85. The molecule has 2 heterocycles. The molecule has 0 fully saturated rings. The van der Waals surface area contributed by atoms with Crippen molar-refractivity contribution in [2.24, 2.45) is 0 Å². The highest BCUT2D eigenvalue weighted by molar-refractivity contribution is 7.16. The summed E-state index contributed by atoms with van der Waals surface area (Å²) in [6.45, 7) is 7.12. The van der Waals surface area contributed by atoms with Crippen molar-refractivity contribution in [1.82, 2.24) is 25.3 Å². The first-order chi connectivity index (χ1) is 9.51. The van der Waals surface area contributed by atoms with E-state index in [2.05, 4.69) is 47.5 Å². The molecule has 20 heavy (non-hydrogen) atoms. The quantitative estimate of drug-likeness (QED) is 0.805. The summed E-state index contributed by atoms with van der Waals surface area (Å²) in [5.74, 6) is 0. The van der Waals surface area contributed by atoms with Gasteiger partial charge in [-0.15, -0.1) is 16.4 Å². The molecule has 0 saturated heterocycles. The van der Waals surface area contributed by atoms with Crippen LogP contribution in [0.2, 0.25) is 0 Å². The van der Waals surface area contributed by atoms with Crippen LogP contribution in [-0.4, -0.2) is 25.5 Å². The van der Waals surface area contributed by atoms with Crippen molar-refractivity contribution in [2.75, 3.05) is 0 Å². The number of hydrogen-bond donors (Lipinski definition) is 1. The van der Waals surface area contributed by atoms with Crippen LogP contribution in [-0.2, 0) is 6.54 Å². The molecule has 2 aromatic heterocycles. The minimum absolute atomic E-state index is 0.0747. The summed E-state index contributed by atoms with van der Waals surface area (Å²) in [7, 11) is 0. The van der Waals surface area contributed by atoms with Crippen molar-refractivity contribution in [3.05, 3.63) is 35.6 Å². The molecule has 0 saturated carbocycles. The van der Waals surface area contributed by atoms with Crippen molar-refractivity contribution in [2.45, 2.75) is 32.9 Å². The van der Waals surface area contributed by atoms with Crippen LogP contribution in [0.4, 0.5) is 0 Å². The number of benzene rings is 1. The van der Waals surface area contributed by atoms with Gasteiger partial charge < -0.3 is 5.32 Å². The zero-order valence-electron chi connectivity index (χ0n) is 11.8. The molecule has 3 rings (SSSR count). The monoisotopic (exact) mass is 287 g/mol. The Morgan fingerprint density at radius 2 is 2.15 bits per heavy atom. The third-order valence-corrected chi connectivity index (χ3v) is 3.71. The topological polar surface area (TPSA) is 55.6 Å². The van der Waals surface area contributed by atoms with E-state index in [1.165, 1.54) is 0 Å². The van der Waals surface area contributed by atoms with Crippen LogP contribution >= 0.6 is 11.3 Å². The van der Waals surface area contributed by atoms with Gasteiger partial charge in [0.05, 0.1) is 33.3 Å². The zero-order chi connectivity index (χ0) is 14.2. The fraction of sp³-hybridized carbons (Fsp3) is 0.357. The third-order valence-electron chi connectivity index (χ3n) is 2.92. The molecule has 6 heteroatoms. The van der Waals surface area contributed by atoms with Crippen molar-refractivity contribution in [3.8, 4) is 5.69 Å². The Morgan fingerprint density at radius 1 is 1.30 bits per heavy atom. The summed E-state index contributed by atoms with van der Waals surface area (Å²) in [5, 5.41) is 11.8. The standard InChI is InChI=1S/C14H17N5S/c1-14(2,3)16-7-10-8-19(18-17-10)11-4-5-12-13(6-11)20-9-15-12/h4-6,8-9,16H,7H2,1-3H3. The average Bonchev–Trinajstić information content (AvgIpc) is 3.03. The van der Waals surface area contributed by atoms with Crippen LogP contribution in [0.5, 0.6) is 0 Å². The van der Waals surface area contributed by atoms with Gasteiger partial charge in [-0.1, -0.05) is 5.21 Å². The molecule has 5 nitrogen and oxygen atoms in total. The molecule has 0 atom stereocenters. The molecule has 0 bridgehead atoms. The molecule has 0 amide bonds. The second-order valence-corrected chi connectivity index (χ2v) is 6.65. The van der Waals surface area contributed by atoms with E-state index < -0.39 is 0 Å². The largest absolute Gasteiger partial charge is 0.306 e. The third kappa shape index (κ3) is 2.86. The summed E-state index contributed by atoms with van der Waals surface area (Å²) >= 11 is 1.63. The maximum absolute atomic E-state index is 4.28. The Labute approximate surface area is 121 Å². The first kappa shape index (κ1) is 13.2. The normalized spacial score (nSPS) is 12.2. The maximum atomic E-state index is 4.28. The molecule has 0 aliphatic heterocycles. The lowest BCUT2D eigenvalue weighted by atomic mass is 10.1. The predicted molar refractivity (Wildman–Crippen MR) is 81.1 cm³/mol. The van der Waals surface area contributed by atoms with E-state index in [0.717, 1.165) is 21.6 Å². The van der Waals surface area contributed by atoms with E-state index in [4.69, 9.17) is 0 Å². The van der Waals surface area contributed by atoms with Crippen LogP contribution in [0.15, 0.2) is 29.9 Å². The first-order valence-corrected chi connectivity index (χ1v) is 7.39. The lowest BCUT2D eigenvalue weighted by Crippen LogP contribution is -2.35. The summed E-state index contributed by atoms with van der Waals surface area (Å²) < 4.78 is 2.96. The van der Waals surface area contributed by atoms with Gasteiger partial charge in [0.15, 0.2) is 0 Å². The number of hydrogen-bond acceptors (Lipinski definition) is 5. The molecular formula is C14H17N5S. The number of nitrogens with one attached hydrogen (secondary N) is 1. The van der Waals surface area contributed by atoms with Gasteiger partial charge in [0.25, 0.3) is 0 Å². The second-order valence-electron chi connectivity index (χ2n) is 5.76. The Hall–Kier alpha value is -1.79. The lowest BCUT2D eigenvalue weighted by molar-refractivity contribution is 0.421. The highest BCUT2D eigenvalue weighted by atomic mass is 32.1. The van der Waals surface area contributed by atoms with E-state index in [1.807, 2.05) is 23.8 Å². The number of rotatable bonds is 3. The van der Waals surface area contributed by atoms with Crippen LogP contribution < -0.4 is 5.32 Å². The molecule has 0 radical (unpaired) electrons. The Bertz CT molecular complexity index is 722. The molecule has 1 aromatic carbocycles. The zero-order valence-corrected chi connectivity index (χ0v) is 12.6. The van der Waals surface area contributed by atoms with Crippen molar-refractivity contribution >= 4 is 21.6 Å². The van der Waals surface area contributed by atoms with Crippen LogP contribution in [0.3, 0.4) is 0 Å². The maximum Gasteiger partial charge on any atom is 0.0969 e. The van der Waals surface area contributed by atoms with Crippen LogP contribution in [0.25, 0.3) is 15.9 Å². The molecule has 0 spiro atoms. The van der Waals surface area contributed by atoms with Gasteiger partial charge in [-0.2, -0.15) is 0 Å². The smallest absolute Gasteiger partial charge is 0.0969 e. The Morgan fingerprint density at radius 3 is 2.95 bits per heavy atom.